The lowest BCUT2D eigenvalue weighted by Gasteiger charge is -2.50. The SMILES string of the molecule is O=C(O)N(C(c1ccccc1)c1cc(Br)cc(OCCCCCCCCC2OCCO2)c1)C1CN2CCC1CC2. The summed E-state index contributed by atoms with van der Waals surface area (Å²) < 4.78 is 18.1. The van der Waals surface area contributed by atoms with E-state index in [2.05, 4.69) is 20.8 Å². The molecular weight excluding hydrogens is 572 g/mol. The number of carbonyl (C=O) groups is 1. The summed E-state index contributed by atoms with van der Waals surface area (Å²) >= 11 is 3.68. The van der Waals surface area contributed by atoms with Crippen molar-refractivity contribution >= 4 is 22.0 Å². The summed E-state index contributed by atoms with van der Waals surface area (Å²) in [5.41, 5.74) is 1.92. The summed E-state index contributed by atoms with van der Waals surface area (Å²) in [6.07, 6.45) is 9.18. The molecule has 0 spiro atoms. The minimum Gasteiger partial charge on any atom is -0.494 e. The molecule has 0 aliphatic carbocycles. The number of amides is 1. The molecule has 4 heterocycles. The van der Waals surface area contributed by atoms with E-state index in [1.807, 2.05) is 48.5 Å². The second-order valence-corrected chi connectivity index (χ2v) is 12.3. The Labute approximate surface area is 246 Å². The second kappa shape index (κ2) is 14.7. The van der Waals surface area contributed by atoms with Crippen LogP contribution in [0.25, 0.3) is 0 Å². The molecule has 8 heteroatoms. The molecular formula is C32H43BrN2O5. The minimum atomic E-state index is -0.863. The van der Waals surface area contributed by atoms with Crippen LogP contribution in [-0.2, 0) is 9.47 Å². The van der Waals surface area contributed by atoms with Crippen molar-refractivity contribution in [3.63, 3.8) is 0 Å². The molecule has 7 nitrogen and oxygen atoms in total. The lowest BCUT2D eigenvalue weighted by Crippen LogP contribution is -2.59. The first-order chi connectivity index (χ1) is 19.6. The van der Waals surface area contributed by atoms with Crippen LogP contribution in [0.5, 0.6) is 5.75 Å². The third-order valence-electron chi connectivity index (χ3n) is 8.60. The van der Waals surface area contributed by atoms with E-state index in [-0.39, 0.29) is 12.3 Å². The first-order valence-corrected chi connectivity index (χ1v) is 15.8. The Kier molecular flexibility index (Phi) is 10.8. The fraction of sp³-hybridized carbons (Fsp3) is 0.594. The number of fused-ring (bicyclic) bond motifs is 3. The molecule has 4 fully saturated rings. The predicted octanol–water partition coefficient (Wildman–Crippen LogP) is 7.10. The van der Waals surface area contributed by atoms with Gasteiger partial charge in [-0.05, 0) is 80.4 Å². The molecule has 2 bridgehead atoms. The summed E-state index contributed by atoms with van der Waals surface area (Å²) in [7, 11) is 0. The highest BCUT2D eigenvalue weighted by atomic mass is 79.9. The number of rotatable bonds is 14. The molecule has 0 radical (unpaired) electrons. The largest absolute Gasteiger partial charge is 0.494 e. The maximum atomic E-state index is 12.9. The fourth-order valence-corrected chi connectivity index (χ4v) is 7.04. The van der Waals surface area contributed by atoms with Crippen molar-refractivity contribution in [3.8, 4) is 5.75 Å². The molecule has 218 valence electrons. The van der Waals surface area contributed by atoms with E-state index in [0.29, 0.717) is 12.5 Å². The van der Waals surface area contributed by atoms with Crippen molar-refractivity contribution in [2.45, 2.75) is 76.2 Å². The highest BCUT2D eigenvalue weighted by Crippen LogP contribution is 2.40. The summed E-state index contributed by atoms with van der Waals surface area (Å²) in [5.74, 6) is 1.18. The van der Waals surface area contributed by atoms with Crippen molar-refractivity contribution in [2.75, 3.05) is 39.5 Å². The smallest absolute Gasteiger partial charge is 0.408 e. The zero-order valence-electron chi connectivity index (χ0n) is 23.4. The lowest BCUT2D eigenvalue weighted by molar-refractivity contribution is -0.0480. The number of piperidine rings is 3. The molecule has 6 rings (SSSR count). The normalized spacial score (nSPS) is 23.3. The van der Waals surface area contributed by atoms with Gasteiger partial charge in [0.25, 0.3) is 0 Å². The minimum absolute atomic E-state index is 0.0168. The van der Waals surface area contributed by atoms with Crippen molar-refractivity contribution in [1.29, 1.82) is 0 Å². The van der Waals surface area contributed by atoms with Gasteiger partial charge in [0.05, 0.1) is 31.9 Å². The standard InChI is InChI=1S/C32H43BrN2O5/c33-27-20-26(21-28(22-27)38-17-9-4-2-1-3-8-12-30-39-18-19-40-30)31(25-10-6-5-7-11-25)35(32(36)37)29-23-34-15-13-24(29)14-16-34/h5-7,10-11,20-22,24,29-31H,1-4,8-9,12-19,23H2,(H,36,37). The molecule has 2 aromatic carbocycles. The van der Waals surface area contributed by atoms with Crippen LogP contribution < -0.4 is 4.74 Å². The molecule has 2 aromatic rings. The van der Waals surface area contributed by atoms with E-state index in [1.54, 1.807) is 4.90 Å². The van der Waals surface area contributed by atoms with E-state index >= 15 is 0 Å². The lowest BCUT2D eigenvalue weighted by atomic mass is 9.81. The van der Waals surface area contributed by atoms with E-state index in [1.165, 1.54) is 19.3 Å². The number of halogens is 1. The first kappa shape index (κ1) is 29.4. The number of nitrogens with zero attached hydrogens (tertiary/aromatic N) is 2. The summed E-state index contributed by atoms with van der Waals surface area (Å²) in [4.78, 5) is 17.0. The van der Waals surface area contributed by atoms with Gasteiger partial charge >= 0.3 is 6.09 Å². The highest BCUT2D eigenvalue weighted by molar-refractivity contribution is 9.10. The molecule has 40 heavy (non-hydrogen) atoms. The Morgan fingerprint density at radius 1 is 0.975 bits per heavy atom. The van der Waals surface area contributed by atoms with Crippen LogP contribution in [-0.4, -0.2) is 72.8 Å². The van der Waals surface area contributed by atoms with Gasteiger partial charge in [0, 0.05) is 11.0 Å². The monoisotopic (exact) mass is 614 g/mol. The zero-order chi connectivity index (χ0) is 27.7. The van der Waals surface area contributed by atoms with Crippen LogP contribution in [0.2, 0.25) is 0 Å². The van der Waals surface area contributed by atoms with Crippen LogP contribution in [0.1, 0.15) is 75.0 Å². The average molecular weight is 616 g/mol. The number of unbranched alkanes of at least 4 members (excludes halogenated alkanes) is 5. The Morgan fingerprint density at radius 2 is 1.68 bits per heavy atom. The molecule has 4 saturated heterocycles. The van der Waals surface area contributed by atoms with Gasteiger partial charge in [-0.3, -0.25) is 4.90 Å². The van der Waals surface area contributed by atoms with Gasteiger partial charge in [-0.25, -0.2) is 4.79 Å². The number of hydrogen-bond donors (Lipinski definition) is 1. The number of benzene rings is 2. The summed E-state index contributed by atoms with van der Waals surface area (Å²) in [5, 5.41) is 10.6. The zero-order valence-corrected chi connectivity index (χ0v) is 25.0. The maximum absolute atomic E-state index is 12.9. The van der Waals surface area contributed by atoms with Gasteiger partial charge in [0.15, 0.2) is 6.29 Å². The molecule has 4 aliphatic rings. The second-order valence-electron chi connectivity index (χ2n) is 11.4. The Hall–Kier alpha value is -2.13. The van der Waals surface area contributed by atoms with Crippen LogP contribution in [0, 0.1) is 5.92 Å². The third kappa shape index (κ3) is 7.78. The average Bonchev–Trinajstić information content (AvgIpc) is 3.49. The van der Waals surface area contributed by atoms with Gasteiger partial charge < -0.3 is 24.2 Å². The van der Waals surface area contributed by atoms with Gasteiger partial charge in [0.1, 0.15) is 5.75 Å². The van der Waals surface area contributed by atoms with Gasteiger partial charge in [0.2, 0.25) is 0 Å². The third-order valence-corrected chi connectivity index (χ3v) is 9.05. The molecule has 0 aromatic heterocycles. The van der Waals surface area contributed by atoms with Crippen LogP contribution in [0.4, 0.5) is 4.79 Å². The van der Waals surface area contributed by atoms with Crippen molar-refractivity contribution in [1.82, 2.24) is 9.80 Å². The van der Waals surface area contributed by atoms with Crippen LogP contribution in [0.3, 0.4) is 0 Å². The Morgan fingerprint density at radius 3 is 2.35 bits per heavy atom. The molecule has 1 amide bonds. The molecule has 2 atom stereocenters. The molecule has 0 saturated carbocycles. The fourth-order valence-electron chi connectivity index (χ4n) is 6.55. The number of hydrogen-bond acceptors (Lipinski definition) is 5. The quantitative estimate of drug-likeness (QED) is 0.229. The molecule has 2 unspecified atom stereocenters. The van der Waals surface area contributed by atoms with Gasteiger partial charge in [-0.15, -0.1) is 0 Å². The summed E-state index contributed by atoms with van der Waals surface area (Å²) in [6, 6.07) is 15.7. The van der Waals surface area contributed by atoms with Crippen molar-refractivity contribution < 1.29 is 24.1 Å². The van der Waals surface area contributed by atoms with Gasteiger partial charge in [-0.1, -0.05) is 71.9 Å². The van der Waals surface area contributed by atoms with Gasteiger partial charge in [-0.2, -0.15) is 0 Å². The first-order valence-electron chi connectivity index (χ1n) is 15.0. The van der Waals surface area contributed by atoms with E-state index in [4.69, 9.17) is 14.2 Å². The number of carboxylic acid groups (broad SMARTS) is 1. The Balaban J connectivity index is 1.20. The van der Waals surface area contributed by atoms with Crippen LogP contribution in [0.15, 0.2) is 53.0 Å². The molecule has 1 N–H and O–H groups in total. The van der Waals surface area contributed by atoms with E-state index in [0.717, 1.165) is 92.7 Å². The van der Waals surface area contributed by atoms with Crippen molar-refractivity contribution in [3.05, 3.63) is 64.1 Å². The van der Waals surface area contributed by atoms with E-state index in [9.17, 15) is 9.90 Å². The maximum Gasteiger partial charge on any atom is 0.408 e. The highest BCUT2D eigenvalue weighted by Gasteiger charge is 2.43. The molecule has 4 aliphatic heterocycles. The predicted molar refractivity (Wildman–Crippen MR) is 159 cm³/mol. The topological polar surface area (TPSA) is 71.5 Å². The van der Waals surface area contributed by atoms with Crippen LogP contribution >= 0.6 is 15.9 Å². The summed E-state index contributed by atoms with van der Waals surface area (Å²) in [6.45, 7) is 5.06. The number of ether oxygens (including phenoxy) is 3. The Bertz CT molecular complexity index is 1070. The van der Waals surface area contributed by atoms with E-state index < -0.39 is 12.1 Å². The van der Waals surface area contributed by atoms with Crippen molar-refractivity contribution in [2.24, 2.45) is 5.92 Å².